The molecule has 0 radical (unpaired) electrons. The lowest BCUT2D eigenvalue weighted by Gasteiger charge is -2.19. The van der Waals surface area contributed by atoms with Gasteiger partial charge >= 0.3 is 0 Å². The second kappa shape index (κ2) is 5.32. The van der Waals surface area contributed by atoms with E-state index >= 15 is 0 Å². The van der Waals surface area contributed by atoms with Crippen molar-refractivity contribution in [2.75, 3.05) is 11.4 Å². The van der Waals surface area contributed by atoms with Gasteiger partial charge in [-0.05, 0) is 28.1 Å². The molecule has 4 nitrogen and oxygen atoms in total. The fraction of sp³-hybridized carbons (Fsp3) is 0.333. The Morgan fingerprint density at radius 3 is 2.89 bits per heavy atom. The highest BCUT2D eigenvalue weighted by atomic mass is 79.9. The first-order valence-corrected chi connectivity index (χ1v) is 7.11. The van der Waals surface area contributed by atoms with Crippen LogP contribution in [-0.2, 0) is 9.59 Å². The van der Waals surface area contributed by atoms with Gasteiger partial charge in [0.25, 0.3) is 0 Å². The first kappa shape index (κ1) is 13.4. The van der Waals surface area contributed by atoms with Crippen molar-refractivity contribution in [2.24, 2.45) is 0 Å². The Bertz CT molecular complexity index is 486. The van der Waals surface area contributed by atoms with Gasteiger partial charge in [0.15, 0.2) is 5.12 Å². The maximum atomic E-state index is 11.9. The van der Waals surface area contributed by atoms with Crippen molar-refractivity contribution in [1.82, 2.24) is 0 Å². The number of para-hydroxylation sites is 1. The Kier molecular flexibility index (Phi) is 3.97. The summed E-state index contributed by atoms with van der Waals surface area (Å²) in [6.45, 7) is 1.94. The highest BCUT2D eigenvalue weighted by Gasteiger charge is 2.34. The van der Waals surface area contributed by atoms with Crippen LogP contribution in [-0.4, -0.2) is 27.9 Å². The number of amides is 1. The summed E-state index contributed by atoms with van der Waals surface area (Å²) in [5.41, 5.74) is 0.481. The molecule has 1 unspecified atom stereocenters. The van der Waals surface area contributed by atoms with Gasteiger partial charge in [-0.15, -0.1) is 0 Å². The molecule has 1 aliphatic rings. The predicted molar refractivity (Wildman–Crippen MR) is 74.8 cm³/mol. The van der Waals surface area contributed by atoms with Crippen LogP contribution in [0.4, 0.5) is 5.69 Å². The van der Waals surface area contributed by atoms with Gasteiger partial charge in [-0.1, -0.05) is 17.8 Å². The molecule has 0 bridgehead atoms. The van der Waals surface area contributed by atoms with Crippen LogP contribution in [0.15, 0.2) is 22.7 Å². The second-order valence-electron chi connectivity index (χ2n) is 4.05. The van der Waals surface area contributed by atoms with Gasteiger partial charge < -0.3 is 10.0 Å². The first-order valence-electron chi connectivity index (χ1n) is 5.44. The zero-order valence-corrected chi connectivity index (χ0v) is 12.1. The third kappa shape index (κ3) is 2.70. The van der Waals surface area contributed by atoms with Gasteiger partial charge in [0, 0.05) is 29.6 Å². The summed E-state index contributed by atoms with van der Waals surface area (Å²) < 4.78 is 0.671. The van der Waals surface area contributed by atoms with E-state index < -0.39 is 0 Å². The van der Waals surface area contributed by atoms with Crippen LogP contribution in [0.3, 0.4) is 0 Å². The van der Waals surface area contributed by atoms with E-state index in [0.717, 1.165) is 0 Å². The number of anilines is 1. The molecule has 0 aromatic heterocycles. The molecule has 6 heteroatoms. The zero-order valence-electron chi connectivity index (χ0n) is 9.72. The first-order chi connectivity index (χ1) is 8.49. The number of benzene rings is 1. The van der Waals surface area contributed by atoms with Crippen molar-refractivity contribution in [3.05, 3.63) is 22.7 Å². The minimum absolute atomic E-state index is 0.00555. The summed E-state index contributed by atoms with van der Waals surface area (Å²) in [7, 11) is 0. The number of phenolic OH excluding ortho intramolecular Hbond substituents is 1. The smallest absolute Gasteiger partial charge is 0.228 e. The fourth-order valence-electron chi connectivity index (χ4n) is 1.98. The number of halogens is 1. The van der Waals surface area contributed by atoms with E-state index in [-0.39, 0.29) is 22.0 Å². The number of nitrogens with zero attached hydrogens (tertiary/aromatic N) is 1. The van der Waals surface area contributed by atoms with Crippen molar-refractivity contribution in [3.63, 3.8) is 0 Å². The number of rotatable bonds is 2. The average molecular weight is 330 g/mol. The average Bonchev–Trinajstić information content (AvgIpc) is 2.58. The molecule has 0 aliphatic carbocycles. The standard InChI is InChI=1S/C12H12BrNO3S/c1-7(15)18-8-5-11(17)14(6-8)12-9(13)3-2-4-10(12)16/h2-4,8,16H,5-6H2,1H3. The molecular weight excluding hydrogens is 318 g/mol. The number of aromatic hydroxyl groups is 1. The van der Waals surface area contributed by atoms with Crippen molar-refractivity contribution >= 4 is 44.4 Å². The summed E-state index contributed by atoms with van der Waals surface area (Å²) >= 11 is 4.51. The van der Waals surface area contributed by atoms with Crippen LogP contribution in [0.2, 0.25) is 0 Å². The van der Waals surface area contributed by atoms with Gasteiger partial charge in [-0.3, -0.25) is 9.59 Å². The van der Waals surface area contributed by atoms with Crippen LogP contribution in [0, 0.1) is 0 Å². The molecule has 96 valence electrons. The van der Waals surface area contributed by atoms with Crippen LogP contribution < -0.4 is 4.90 Å². The molecule has 1 atom stereocenters. The van der Waals surface area contributed by atoms with Crippen LogP contribution in [0.25, 0.3) is 0 Å². The predicted octanol–water partition coefficient (Wildman–Crippen LogP) is 2.54. The Balaban J connectivity index is 2.24. The third-order valence-corrected chi connectivity index (χ3v) is 4.28. The Labute approximate surface area is 117 Å². The van der Waals surface area contributed by atoms with Gasteiger partial charge in [0.1, 0.15) is 11.4 Å². The maximum absolute atomic E-state index is 11.9. The van der Waals surface area contributed by atoms with Gasteiger partial charge in [0.05, 0.1) is 0 Å². The van der Waals surface area contributed by atoms with Gasteiger partial charge in [-0.2, -0.15) is 0 Å². The largest absolute Gasteiger partial charge is 0.506 e. The van der Waals surface area contributed by atoms with Gasteiger partial charge in [-0.25, -0.2) is 0 Å². The molecule has 2 rings (SSSR count). The second-order valence-corrected chi connectivity index (χ2v) is 6.38. The summed E-state index contributed by atoms with van der Waals surface area (Å²) in [4.78, 5) is 24.5. The molecule has 1 aliphatic heterocycles. The van der Waals surface area contributed by atoms with Crippen LogP contribution >= 0.6 is 27.7 Å². The third-order valence-electron chi connectivity index (χ3n) is 2.66. The molecule has 0 spiro atoms. The minimum atomic E-state index is -0.0732. The summed E-state index contributed by atoms with van der Waals surface area (Å²) in [6.07, 6.45) is 0.324. The Morgan fingerprint density at radius 1 is 1.56 bits per heavy atom. The van der Waals surface area contributed by atoms with E-state index in [1.54, 1.807) is 18.2 Å². The zero-order chi connectivity index (χ0) is 13.3. The highest BCUT2D eigenvalue weighted by Crippen LogP contribution is 2.39. The molecule has 1 heterocycles. The molecular formula is C12H12BrNO3S. The van der Waals surface area contributed by atoms with Crippen molar-refractivity contribution in [1.29, 1.82) is 0 Å². The lowest BCUT2D eigenvalue weighted by molar-refractivity contribution is -0.117. The van der Waals surface area contributed by atoms with Crippen molar-refractivity contribution < 1.29 is 14.7 Å². The molecule has 0 saturated carbocycles. The number of phenols is 1. The molecule has 18 heavy (non-hydrogen) atoms. The molecule has 1 aromatic carbocycles. The topological polar surface area (TPSA) is 57.6 Å². The van der Waals surface area contributed by atoms with Crippen molar-refractivity contribution in [3.8, 4) is 5.75 Å². The van der Waals surface area contributed by atoms with Crippen molar-refractivity contribution in [2.45, 2.75) is 18.6 Å². The number of hydrogen-bond donors (Lipinski definition) is 1. The van der Waals surface area contributed by atoms with E-state index in [4.69, 9.17) is 0 Å². The van der Waals surface area contributed by atoms with Gasteiger partial charge in [0.2, 0.25) is 5.91 Å². The quantitative estimate of drug-likeness (QED) is 0.905. The maximum Gasteiger partial charge on any atom is 0.228 e. The van der Waals surface area contributed by atoms with Crippen LogP contribution in [0.1, 0.15) is 13.3 Å². The van der Waals surface area contributed by atoms with Crippen LogP contribution in [0.5, 0.6) is 5.75 Å². The summed E-state index contributed by atoms with van der Waals surface area (Å²) in [5, 5.41) is 9.81. The van der Waals surface area contributed by atoms with E-state index in [2.05, 4.69) is 15.9 Å². The normalized spacial score (nSPS) is 19.3. The molecule has 1 amide bonds. The number of thioether (sulfide) groups is 1. The fourth-order valence-corrected chi connectivity index (χ4v) is 3.46. The Hall–Kier alpha value is -1.01. The molecule has 1 fully saturated rings. The SMILES string of the molecule is CC(=O)SC1CC(=O)N(c2c(O)cccc2Br)C1. The number of carbonyl (C=O) groups is 2. The summed E-state index contributed by atoms with van der Waals surface area (Å²) in [5.74, 6) is -0.0119. The van der Waals surface area contributed by atoms with E-state index in [1.807, 2.05) is 0 Å². The highest BCUT2D eigenvalue weighted by molar-refractivity contribution is 9.10. The van der Waals surface area contributed by atoms with E-state index in [0.29, 0.717) is 23.1 Å². The monoisotopic (exact) mass is 329 g/mol. The minimum Gasteiger partial charge on any atom is -0.506 e. The van der Waals surface area contributed by atoms with E-state index in [9.17, 15) is 14.7 Å². The molecule has 1 aromatic rings. The van der Waals surface area contributed by atoms with E-state index in [1.165, 1.54) is 23.6 Å². The summed E-state index contributed by atoms with van der Waals surface area (Å²) in [6, 6.07) is 5.01. The molecule has 1 N–H and O–H groups in total. The molecule has 1 saturated heterocycles. The lowest BCUT2D eigenvalue weighted by Crippen LogP contribution is -2.25. The number of hydrogen-bond acceptors (Lipinski definition) is 4. The lowest BCUT2D eigenvalue weighted by atomic mass is 10.2. The number of carbonyl (C=O) groups excluding carboxylic acids is 2. The Morgan fingerprint density at radius 2 is 2.28 bits per heavy atom.